The first-order valence-corrected chi connectivity index (χ1v) is 11.8. The number of aryl methyl sites for hydroxylation is 1. The molecule has 0 saturated carbocycles. The normalized spacial score (nSPS) is 18.8. The van der Waals surface area contributed by atoms with Gasteiger partial charge in [0.05, 0.1) is 25.3 Å². The molecule has 1 atom stereocenters. The van der Waals surface area contributed by atoms with Crippen molar-refractivity contribution >= 4 is 17.4 Å². The van der Waals surface area contributed by atoms with Crippen LogP contribution in [0, 0.1) is 0 Å². The third-order valence-corrected chi connectivity index (χ3v) is 6.64. The summed E-state index contributed by atoms with van der Waals surface area (Å²) in [6.45, 7) is 1.01. The molecule has 2 heterocycles. The maximum atomic E-state index is 13.2. The second-order valence-corrected chi connectivity index (χ2v) is 8.78. The SMILES string of the molecule is COc1ccc(CCN2C(=O)C(=O)/C(=C(\O)c3ccc4c(c3)CCCO4)C2c2ccccc2)cc1. The molecule has 0 bridgehead atoms. The number of benzene rings is 3. The predicted octanol–water partition coefficient (Wildman–Crippen LogP) is 4.68. The van der Waals surface area contributed by atoms with Crippen molar-refractivity contribution in [3.63, 3.8) is 0 Å². The predicted molar refractivity (Wildman–Crippen MR) is 132 cm³/mol. The zero-order chi connectivity index (χ0) is 24.4. The lowest BCUT2D eigenvalue weighted by atomic mass is 9.94. The summed E-state index contributed by atoms with van der Waals surface area (Å²) in [4.78, 5) is 28.0. The van der Waals surface area contributed by atoms with Crippen molar-refractivity contribution < 1.29 is 24.2 Å². The van der Waals surface area contributed by atoms with E-state index in [4.69, 9.17) is 9.47 Å². The summed E-state index contributed by atoms with van der Waals surface area (Å²) in [5.41, 5.74) is 3.43. The number of Topliss-reactive ketones (excluding diaryl/α,β-unsaturated/α-hetero) is 1. The Morgan fingerprint density at radius 1 is 1.06 bits per heavy atom. The molecule has 0 radical (unpaired) electrons. The molecular formula is C29H27NO5. The molecule has 1 unspecified atom stereocenters. The van der Waals surface area contributed by atoms with E-state index in [1.54, 1.807) is 18.1 Å². The van der Waals surface area contributed by atoms with Gasteiger partial charge in [0.25, 0.3) is 11.7 Å². The molecule has 5 rings (SSSR count). The topological polar surface area (TPSA) is 76.1 Å². The number of carbonyl (C=O) groups is 2. The van der Waals surface area contributed by atoms with Crippen LogP contribution in [0.4, 0.5) is 0 Å². The average molecular weight is 470 g/mol. The summed E-state index contributed by atoms with van der Waals surface area (Å²) in [5, 5.41) is 11.3. The highest BCUT2D eigenvalue weighted by Crippen LogP contribution is 2.40. The molecule has 1 fully saturated rings. The van der Waals surface area contributed by atoms with E-state index in [0.29, 0.717) is 25.1 Å². The number of ether oxygens (including phenoxy) is 2. The molecule has 0 aliphatic carbocycles. The molecule has 1 N–H and O–H groups in total. The second kappa shape index (κ2) is 9.66. The number of carbonyl (C=O) groups excluding carboxylic acids is 2. The van der Waals surface area contributed by atoms with Gasteiger partial charge in [0.1, 0.15) is 17.3 Å². The zero-order valence-electron chi connectivity index (χ0n) is 19.6. The number of rotatable bonds is 6. The van der Waals surface area contributed by atoms with Crippen LogP contribution in [-0.2, 0) is 22.4 Å². The van der Waals surface area contributed by atoms with Gasteiger partial charge in [-0.15, -0.1) is 0 Å². The van der Waals surface area contributed by atoms with Crippen molar-refractivity contribution in [3.05, 3.63) is 101 Å². The Hall–Kier alpha value is -4.06. The molecule has 0 spiro atoms. The van der Waals surface area contributed by atoms with Crippen LogP contribution in [-0.4, -0.2) is 42.0 Å². The molecule has 2 aliphatic heterocycles. The van der Waals surface area contributed by atoms with Gasteiger partial charge in [0.15, 0.2) is 0 Å². The van der Waals surface area contributed by atoms with Crippen molar-refractivity contribution in [2.45, 2.75) is 25.3 Å². The van der Waals surface area contributed by atoms with Crippen LogP contribution in [0.3, 0.4) is 0 Å². The van der Waals surface area contributed by atoms with E-state index >= 15 is 0 Å². The maximum Gasteiger partial charge on any atom is 0.295 e. The van der Waals surface area contributed by atoms with Gasteiger partial charge in [-0.05, 0) is 66.3 Å². The van der Waals surface area contributed by atoms with Crippen LogP contribution in [0.2, 0.25) is 0 Å². The smallest absolute Gasteiger partial charge is 0.295 e. The van der Waals surface area contributed by atoms with E-state index in [-0.39, 0.29) is 11.3 Å². The Morgan fingerprint density at radius 3 is 2.57 bits per heavy atom. The minimum Gasteiger partial charge on any atom is -0.507 e. The number of hydrogen-bond donors (Lipinski definition) is 1. The van der Waals surface area contributed by atoms with Gasteiger partial charge >= 0.3 is 0 Å². The third-order valence-electron chi connectivity index (χ3n) is 6.64. The molecule has 6 heteroatoms. The molecule has 2 aliphatic rings. The Labute approximate surface area is 204 Å². The minimum atomic E-state index is -0.667. The van der Waals surface area contributed by atoms with E-state index in [0.717, 1.165) is 41.0 Å². The van der Waals surface area contributed by atoms with Gasteiger partial charge in [0.2, 0.25) is 0 Å². The van der Waals surface area contributed by atoms with E-state index in [9.17, 15) is 14.7 Å². The Morgan fingerprint density at radius 2 is 1.83 bits per heavy atom. The van der Waals surface area contributed by atoms with Crippen molar-refractivity contribution in [2.24, 2.45) is 0 Å². The molecule has 3 aromatic carbocycles. The van der Waals surface area contributed by atoms with Crippen molar-refractivity contribution in [1.82, 2.24) is 4.90 Å². The van der Waals surface area contributed by atoms with Crippen LogP contribution in [0.1, 0.15) is 34.7 Å². The van der Waals surface area contributed by atoms with Crippen molar-refractivity contribution in [3.8, 4) is 11.5 Å². The number of amides is 1. The molecule has 35 heavy (non-hydrogen) atoms. The van der Waals surface area contributed by atoms with Crippen LogP contribution >= 0.6 is 0 Å². The van der Waals surface area contributed by atoms with E-state index in [1.165, 1.54) is 0 Å². The summed E-state index contributed by atoms with van der Waals surface area (Å²) < 4.78 is 10.9. The second-order valence-electron chi connectivity index (χ2n) is 8.78. The quantitative estimate of drug-likeness (QED) is 0.322. The molecule has 3 aromatic rings. The summed E-state index contributed by atoms with van der Waals surface area (Å²) in [5.74, 6) is 0.133. The summed E-state index contributed by atoms with van der Waals surface area (Å²) in [6, 6.07) is 21.8. The summed E-state index contributed by atoms with van der Waals surface area (Å²) >= 11 is 0. The summed E-state index contributed by atoms with van der Waals surface area (Å²) in [7, 11) is 1.61. The fraction of sp³-hybridized carbons (Fsp3) is 0.241. The monoisotopic (exact) mass is 469 g/mol. The molecule has 1 amide bonds. The van der Waals surface area contributed by atoms with Crippen LogP contribution in [0.25, 0.3) is 5.76 Å². The first-order chi connectivity index (χ1) is 17.1. The lowest BCUT2D eigenvalue weighted by molar-refractivity contribution is -0.139. The van der Waals surface area contributed by atoms with E-state index in [2.05, 4.69) is 0 Å². The largest absolute Gasteiger partial charge is 0.507 e. The number of methoxy groups -OCH3 is 1. The van der Waals surface area contributed by atoms with Crippen molar-refractivity contribution in [1.29, 1.82) is 0 Å². The van der Waals surface area contributed by atoms with Gasteiger partial charge in [-0.2, -0.15) is 0 Å². The van der Waals surface area contributed by atoms with Crippen LogP contribution in [0.5, 0.6) is 11.5 Å². The van der Waals surface area contributed by atoms with Gasteiger partial charge in [-0.25, -0.2) is 0 Å². The number of fused-ring (bicyclic) bond motifs is 1. The number of nitrogens with zero attached hydrogens (tertiary/aromatic N) is 1. The Balaban J connectivity index is 1.52. The fourth-order valence-electron chi connectivity index (χ4n) is 4.80. The Bertz CT molecular complexity index is 1280. The third kappa shape index (κ3) is 4.39. The fourth-order valence-corrected chi connectivity index (χ4v) is 4.80. The number of hydrogen-bond acceptors (Lipinski definition) is 5. The molecular weight excluding hydrogens is 442 g/mol. The maximum absolute atomic E-state index is 13.2. The lowest BCUT2D eigenvalue weighted by Gasteiger charge is -2.25. The van der Waals surface area contributed by atoms with Crippen LogP contribution < -0.4 is 9.47 Å². The van der Waals surface area contributed by atoms with E-state index in [1.807, 2.05) is 66.7 Å². The number of ketones is 1. The van der Waals surface area contributed by atoms with Gasteiger partial charge < -0.3 is 19.5 Å². The minimum absolute atomic E-state index is 0.118. The number of aliphatic hydroxyl groups excluding tert-OH is 1. The highest BCUT2D eigenvalue weighted by molar-refractivity contribution is 6.46. The summed E-state index contributed by atoms with van der Waals surface area (Å²) in [6.07, 6.45) is 2.31. The van der Waals surface area contributed by atoms with Crippen LogP contribution in [0.15, 0.2) is 78.4 Å². The number of likely N-dealkylation sites (tertiary alicyclic amines) is 1. The van der Waals surface area contributed by atoms with Crippen molar-refractivity contribution in [2.75, 3.05) is 20.3 Å². The highest BCUT2D eigenvalue weighted by Gasteiger charge is 2.45. The molecule has 178 valence electrons. The highest BCUT2D eigenvalue weighted by atomic mass is 16.5. The first-order valence-electron chi connectivity index (χ1n) is 11.8. The van der Waals surface area contributed by atoms with Gasteiger partial charge in [-0.3, -0.25) is 9.59 Å². The molecule has 0 aromatic heterocycles. The van der Waals surface area contributed by atoms with Gasteiger partial charge in [-0.1, -0.05) is 42.5 Å². The molecule has 1 saturated heterocycles. The lowest BCUT2D eigenvalue weighted by Crippen LogP contribution is -2.31. The Kier molecular flexibility index (Phi) is 6.27. The molecule has 6 nitrogen and oxygen atoms in total. The average Bonchev–Trinajstić information content (AvgIpc) is 3.17. The van der Waals surface area contributed by atoms with Gasteiger partial charge in [0, 0.05) is 12.1 Å². The van der Waals surface area contributed by atoms with E-state index < -0.39 is 17.7 Å². The number of aliphatic hydroxyl groups is 1. The first kappa shape index (κ1) is 22.7. The standard InChI is InChI=1S/C29H27NO5/c1-34-23-12-9-19(10-13-23)15-16-30-26(20-6-3-2-4-7-20)25(28(32)29(30)33)27(31)22-11-14-24-21(18-22)8-5-17-35-24/h2-4,6-7,9-14,18,26,31H,5,8,15-17H2,1H3/b27-25-. The zero-order valence-corrected chi connectivity index (χ0v) is 19.6.